The number of thioether (sulfide) groups is 1. The molecule has 0 N–H and O–H groups in total. The summed E-state index contributed by atoms with van der Waals surface area (Å²) in [6.07, 6.45) is -1.16. The molecule has 0 aliphatic heterocycles. The number of aromatic nitrogens is 4. The molecule has 0 saturated carbocycles. The number of rotatable bonds is 4. The molecule has 0 saturated heterocycles. The van der Waals surface area contributed by atoms with Crippen LogP contribution in [0.5, 0.6) is 0 Å². The Balaban J connectivity index is 1.64. The number of hydrogen-bond acceptors (Lipinski definition) is 4. The molecule has 2 aromatic carbocycles. The van der Waals surface area contributed by atoms with Gasteiger partial charge in [0.2, 0.25) is 5.65 Å². The molecular weight excluding hydrogens is 437 g/mol. The molecule has 0 fully saturated rings. The Hall–Kier alpha value is -2.78. The highest BCUT2D eigenvalue weighted by Gasteiger charge is 2.30. The normalized spacial score (nSPS) is 11.9. The van der Waals surface area contributed by atoms with Gasteiger partial charge in [0.1, 0.15) is 0 Å². The molecule has 30 heavy (non-hydrogen) atoms. The van der Waals surface area contributed by atoms with Crippen molar-refractivity contribution in [2.75, 3.05) is 0 Å². The van der Waals surface area contributed by atoms with Crippen molar-refractivity contribution in [3.8, 4) is 5.69 Å². The first-order valence-corrected chi connectivity index (χ1v) is 10.1. The van der Waals surface area contributed by atoms with Gasteiger partial charge in [-0.2, -0.15) is 13.2 Å². The minimum absolute atomic E-state index is 0.114. The predicted octanol–water partition coefficient (Wildman–Crippen LogP) is 5.15. The maximum absolute atomic E-state index is 12.9. The van der Waals surface area contributed by atoms with Crippen molar-refractivity contribution >= 4 is 29.0 Å². The van der Waals surface area contributed by atoms with Gasteiger partial charge < -0.3 is 0 Å². The first kappa shape index (κ1) is 20.5. The molecule has 0 radical (unpaired) electrons. The molecule has 0 aliphatic rings. The minimum Gasteiger partial charge on any atom is -0.279 e. The van der Waals surface area contributed by atoms with Crippen molar-refractivity contribution in [1.82, 2.24) is 19.2 Å². The van der Waals surface area contributed by atoms with Gasteiger partial charge in [-0.25, -0.2) is 0 Å². The second-order valence-corrected chi connectivity index (χ2v) is 7.87. The maximum Gasteiger partial charge on any atom is 0.416 e. The van der Waals surface area contributed by atoms with Crippen molar-refractivity contribution in [3.05, 3.63) is 86.9 Å². The fourth-order valence-corrected chi connectivity index (χ4v) is 4.03. The topological polar surface area (TPSA) is 52.2 Å². The van der Waals surface area contributed by atoms with E-state index >= 15 is 0 Å². The van der Waals surface area contributed by atoms with Crippen LogP contribution in [0.4, 0.5) is 13.2 Å². The highest BCUT2D eigenvalue weighted by atomic mass is 35.5. The van der Waals surface area contributed by atoms with Crippen molar-refractivity contribution in [3.63, 3.8) is 0 Å². The summed E-state index contributed by atoms with van der Waals surface area (Å²) < 4.78 is 41.6. The van der Waals surface area contributed by atoms with Gasteiger partial charge in [-0.1, -0.05) is 47.6 Å². The van der Waals surface area contributed by atoms with E-state index in [-0.39, 0.29) is 17.0 Å². The van der Waals surface area contributed by atoms with E-state index in [9.17, 15) is 18.0 Å². The van der Waals surface area contributed by atoms with Crippen molar-refractivity contribution in [1.29, 1.82) is 0 Å². The monoisotopic (exact) mass is 450 g/mol. The van der Waals surface area contributed by atoms with Crippen LogP contribution in [-0.2, 0) is 11.9 Å². The Labute approximate surface area is 178 Å². The highest BCUT2D eigenvalue weighted by Crippen LogP contribution is 2.31. The molecule has 10 heteroatoms. The third-order valence-corrected chi connectivity index (χ3v) is 5.98. The van der Waals surface area contributed by atoms with E-state index in [1.165, 1.54) is 26.8 Å². The van der Waals surface area contributed by atoms with Gasteiger partial charge >= 0.3 is 11.7 Å². The molecule has 2 aromatic heterocycles. The van der Waals surface area contributed by atoms with E-state index in [0.717, 1.165) is 17.7 Å². The van der Waals surface area contributed by atoms with Crippen LogP contribution in [-0.4, -0.2) is 19.2 Å². The summed E-state index contributed by atoms with van der Waals surface area (Å²) in [5.74, 6) is 0.251. The largest absolute Gasteiger partial charge is 0.416 e. The SMILES string of the molecule is Cc1c(Cl)cccc1-n1ccn2c(SCc3cccc(C(F)(F)F)c3)nnc2c1=O. The van der Waals surface area contributed by atoms with Gasteiger partial charge in [0.05, 0.1) is 11.3 Å². The zero-order chi connectivity index (χ0) is 21.5. The minimum atomic E-state index is -4.40. The molecule has 154 valence electrons. The van der Waals surface area contributed by atoms with Crippen LogP contribution in [0.1, 0.15) is 16.7 Å². The quantitative estimate of drug-likeness (QED) is 0.403. The summed E-state index contributed by atoms with van der Waals surface area (Å²) in [5.41, 5.74) is 0.922. The lowest BCUT2D eigenvalue weighted by Gasteiger charge is -2.10. The highest BCUT2D eigenvalue weighted by molar-refractivity contribution is 7.98. The van der Waals surface area contributed by atoms with Crippen LogP contribution >= 0.6 is 23.4 Å². The summed E-state index contributed by atoms with van der Waals surface area (Å²) >= 11 is 7.35. The number of fused-ring (bicyclic) bond motifs is 1. The summed E-state index contributed by atoms with van der Waals surface area (Å²) in [5, 5.41) is 8.95. The molecule has 4 rings (SSSR count). The molecule has 0 unspecified atom stereocenters. The summed E-state index contributed by atoms with van der Waals surface area (Å²) in [7, 11) is 0. The zero-order valence-electron chi connectivity index (χ0n) is 15.5. The fourth-order valence-electron chi connectivity index (χ4n) is 3.00. The Bertz CT molecular complexity index is 1300. The average Bonchev–Trinajstić information content (AvgIpc) is 3.13. The van der Waals surface area contributed by atoms with E-state index in [1.54, 1.807) is 36.7 Å². The van der Waals surface area contributed by atoms with Crippen LogP contribution in [0.2, 0.25) is 5.02 Å². The molecule has 0 aliphatic carbocycles. The predicted molar refractivity (Wildman–Crippen MR) is 109 cm³/mol. The molecule has 0 spiro atoms. The summed E-state index contributed by atoms with van der Waals surface area (Å²) in [6.45, 7) is 1.81. The number of hydrogen-bond donors (Lipinski definition) is 0. The van der Waals surface area contributed by atoms with E-state index in [0.29, 0.717) is 21.4 Å². The third-order valence-electron chi connectivity index (χ3n) is 4.56. The number of benzene rings is 2. The Morgan fingerprint density at radius 3 is 2.63 bits per heavy atom. The van der Waals surface area contributed by atoms with Crippen LogP contribution in [0.3, 0.4) is 0 Å². The van der Waals surface area contributed by atoms with Crippen LogP contribution in [0, 0.1) is 6.92 Å². The van der Waals surface area contributed by atoms with E-state index in [4.69, 9.17) is 11.6 Å². The first-order valence-electron chi connectivity index (χ1n) is 8.76. The second kappa shape index (κ2) is 7.81. The van der Waals surface area contributed by atoms with Gasteiger partial charge in [0.15, 0.2) is 5.16 Å². The van der Waals surface area contributed by atoms with Gasteiger partial charge in [-0.05, 0) is 36.2 Å². The van der Waals surface area contributed by atoms with E-state index < -0.39 is 11.7 Å². The molecule has 4 aromatic rings. The zero-order valence-corrected chi connectivity index (χ0v) is 17.1. The molecule has 5 nitrogen and oxygen atoms in total. The van der Waals surface area contributed by atoms with Crippen LogP contribution in [0.25, 0.3) is 11.3 Å². The van der Waals surface area contributed by atoms with E-state index in [1.807, 2.05) is 6.92 Å². The number of halogens is 4. The van der Waals surface area contributed by atoms with Crippen molar-refractivity contribution < 1.29 is 13.2 Å². The summed E-state index contributed by atoms with van der Waals surface area (Å²) in [4.78, 5) is 12.9. The smallest absolute Gasteiger partial charge is 0.279 e. The maximum atomic E-state index is 12.9. The molecule has 2 heterocycles. The summed E-state index contributed by atoms with van der Waals surface area (Å²) in [6, 6.07) is 10.4. The van der Waals surface area contributed by atoms with Crippen molar-refractivity contribution in [2.45, 2.75) is 24.0 Å². The van der Waals surface area contributed by atoms with E-state index in [2.05, 4.69) is 10.2 Å². The fraction of sp³-hybridized carbons (Fsp3) is 0.150. The van der Waals surface area contributed by atoms with Gasteiger partial charge in [-0.3, -0.25) is 13.8 Å². The Kier molecular flexibility index (Phi) is 5.33. The lowest BCUT2D eigenvalue weighted by molar-refractivity contribution is -0.137. The van der Waals surface area contributed by atoms with Gasteiger partial charge in [0, 0.05) is 23.2 Å². The molecular formula is C20H14ClF3N4OS. The Morgan fingerprint density at radius 2 is 1.87 bits per heavy atom. The van der Waals surface area contributed by atoms with Crippen LogP contribution < -0.4 is 5.56 Å². The van der Waals surface area contributed by atoms with Gasteiger partial charge in [0.25, 0.3) is 0 Å². The van der Waals surface area contributed by atoms with Gasteiger partial charge in [-0.15, -0.1) is 10.2 Å². The number of alkyl halides is 3. The number of nitrogens with zero attached hydrogens (tertiary/aromatic N) is 4. The van der Waals surface area contributed by atoms with Crippen molar-refractivity contribution in [2.24, 2.45) is 0 Å². The lowest BCUT2D eigenvalue weighted by Crippen LogP contribution is -2.21. The molecule has 0 atom stereocenters. The third kappa shape index (κ3) is 3.82. The second-order valence-electron chi connectivity index (χ2n) is 6.52. The molecule has 0 bridgehead atoms. The first-order chi connectivity index (χ1) is 14.3. The Morgan fingerprint density at radius 1 is 1.10 bits per heavy atom. The average molecular weight is 451 g/mol. The standard InChI is InChI=1S/C20H14ClF3N4OS/c1-12-15(21)6-3-7-16(12)27-8-9-28-17(18(27)29)25-26-19(28)30-11-13-4-2-5-14(10-13)20(22,23)24/h2-10H,11H2,1H3. The lowest BCUT2D eigenvalue weighted by atomic mass is 10.1. The molecule has 0 amide bonds. The van der Waals surface area contributed by atoms with Crippen LogP contribution in [0.15, 0.2) is 64.8 Å².